The van der Waals surface area contributed by atoms with Crippen molar-refractivity contribution in [2.45, 2.75) is 5.75 Å². The third-order valence-corrected chi connectivity index (χ3v) is 5.40. The molecule has 23 heavy (non-hydrogen) atoms. The summed E-state index contributed by atoms with van der Waals surface area (Å²) in [7, 11) is -0.615. The normalized spacial score (nSPS) is 11.4. The van der Waals surface area contributed by atoms with E-state index in [1.165, 1.54) is 0 Å². The van der Waals surface area contributed by atoms with Crippen LogP contribution in [0.5, 0.6) is 5.75 Å². The highest BCUT2D eigenvalue weighted by Gasteiger charge is 2.24. The van der Waals surface area contributed by atoms with Crippen LogP contribution in [0.3, 0.4) is 0 Å². The molecule has 0 saturated carbocycles. The predicted octanol–water partition coefficient (Wildman–Crippen LogP) is 4.61. The van der Waals surface area contributed by atoms with Crippen molar-refractivity contribution in [2.24, 2.45) is 0 Å². The van der Waals surface area contributed by atoms with Gasteiger partial charge in [-0.05, 0) is 36.4 Å². The number of carboxylic acid groups (broad SMARTS) is 1. The van der Waals surface area contributed by atoms with Gasteiger partial charge in [-0.3, -0.25) is 0 Å². The molecule has 116 valence electrons. The van der Waals surface area contributed by atoms with Gasteiger partial charge in [0.2, 0.25) is 5.75 Å². The highest BCUT2D eigenvalue weighted by molar-refractivity contribution is 7.33. The second-order valence-electron chi connectivity index (χ2n) is 4.94. The first-order chi connectivity index (χ1) is 11.0. The summed E-state index contributed by atoms with van der Waals surface area (Å²) in [5, 5.41) is 21.8. The van der Waals surface area contributed by atoms with Gasteiger partial charge in [-0.1, -0.05) is 23.7 Å². The van der Waals surface area contributed by atoms with Crippen LogP contribution in [0.1, 0.15) is 0 Å². The minimum absolute atomic E-state index is 0.00318. The van der Waals surface area contributed by atoms with Gasteiger partial charge < -0.3 is 10.2 Å². The molecular formula is C17H13ClNO3S+. The minimum atomic E-state index is -0.867. The van der Waals surface area contributed by atoms with Gasteiger partial charge in [0, 0.05) is 21.1 Å². The molecule has 0 fully saturated rings. The Kier molecular flexibility index (Phi) is 4.32. The number of carbonyl (C=O) groups is 1. The molecule has 0 aliphatic carbocycles. The monoisotopic (exact) mass is 346 g/mol. The first-order valence-electron chi connectivity index (χ1n) is 6.80. The van der Waals surface area contributed by atoms with Crippen LogP contribution in [0.2, 0.25) is 5.02 Å². The average molecular weight is 347 g/mol. The van der Waals surface area contributed by atoms with Gasteiger partial charge in [-0.2, -0.15) is 4.98 Å². The van der Waals surface area contributed by atoms with E-state index in [2.05, 4.69) is 4.98 Å². The van der Waals surface area contributed by atoms with Crippen molar-refractivity contribution in [2.75, 3.05) is 0 Å². The van der Waals surface area contributed by atoms with Crippen LogP contribution in [0, 0.1) is 0 Å². The molecule has 1 unspecified atom stereocenters. The molecule has 2 N–H and O–H groups in total. The van der Waals surface area contributed by atoms with E-state index in [4.69, 9.17) is 16.7 Å². The van der Waals surface area contributed by atoms with E-state index in [0.29, 0.717) is 5.02 Å². The van der Waals surface area contributed by atoms with Gasteiger partial charge in [-0.15, -0.1) is 0 Å². The summed E-state index contributed by atoms with van der Waals surface area (Å²) >= 11 is 5.90. The smallest absolute Gasteiger partial charge is 0.358 e. The van der Waals surface area contributed by atoms with E-state index in [-0.39, 0.29) is 11.5 Å². The second kappa shape index (κ2) is 6.40. The Morgan fingerprint density at radius 2 is 1.65 bits per heavy atom. The van der Waals surface area contributed by atoms with E-state index < -0.39 is 16.4 Å². The molecule has 0 aliphatic rings. The van der Waals surface area contributed by atoms with Crippen LogP contribution in [0.15, 0.2) is 53.9 Å². The molecule has 3 rings (SSSR count). The second-order valence-corrected chi connectivity index (χ2v) is 7.15. The zero-order valence-corrected chi connectivity index (χ0v) is 13.5. The molecule has 4 nitrogen and oxygen atoms in total. The summed E-state index contributed by atoms with van der Waals surface area (Å²) in [6.45, 7) is 0. The highest BCUT2D eigenvalue weighted by atomic mass is 35.5. The van der Waals surface area contributed by atoms with E-state index in [0.717, 1.165) is 21.8 Å². The van der Waals surface area contributed by atoms with E-state index in [1.54, 1.807) is 36.4 Å². The number of phenolic OH excluding ortho intramolecular Hbond substituents is 1. The Morgan fingerprint density at radius 1 is 1.04 bits per heavy atom. The number of thiazole rings is 1. The maximum absolute atomic E-state index is 11.1. The number of phenols is 1. The summed E-state index contributed by atoms with van der Waals surface area (Å²) in [5.41, 5.74) is 2.45. The van der Waals surface area contributed by atoms with Crippen molar-refractivity contribution >= 4 is 28.0 Å². The fourth-order valence-corrected chi connectivity index (χ4v) is 4.04. The Bertz CT molecular complexity index is 841. The summed E-state index contributed by atoms with van der Waals surface area (Å²) in [4.78, 5) is 15.8. The molecule has 0 bridgehead atoms. The van der Waals surface area contributed by atoms with Gasteiger partial charge >= 0.3 is 5.97 Å². The molecule has 0 saturated heterocycles. The van der Waals surface area contributed by atoms with Crippen molar-refractivity contribution in [3.8, 4) is 27.6 Å². The molecule has 3 aromatic rings. The van der Waals surface area contributed by atoms with Crippen LogP contribution >= 0.6 is 22.1 Å². The number of nitrogens with zero attached hydrogens (tertiary/aromatic N) is 1. The zero-order chi connectivity index (χ0) is 16.4. The SMILES string of the molecule is O=C(O)C[s+]1cc(-c2ccc(Cl)cc2)nc1-c1ccc(O)cc1. The van der Waals surface area contributed by atoms with Crippen LogP contribution < -0.4 is 0 Å². The van der Waals surface area contributed by atoms with Crippen LogP contribution in [-0.4, -0.2) is 21.2 Å². The van der Waals surface area contributed by atoms with Gasteiger partial charge in [0.25, 0.3) is 5.01 Å². The number of benzene rings is 2. The number of hydrogen-bond donors (Lipinski definition) is 2. The van der Waals surface area contributed by atoms with Crippen LogP contribution in [0.25, 0.3) is 21.8 Å². The maximum atomic E-state index is 11.1. The van der Waals surface area contributed by atoms with Crippen molar-refractivity contribution in [3.05, 3.63) is 58.9 Å². The molecule has 0 aliphatic heterocycles. The first kappa shape index (κ1) is 15.5. The third-order valence-electron chi connectivity index (χ3n) is 3.26. The fraction of sp³-hybridized carbons (Fsp3) is 0.0588. The Morgan fingerprint density at radius 3 is 2.26 bits per heavy atom. The highest BCUT2D eigenvalue weighted by Crippen LogP contribution is 2.38. The third kappa shape index (κ3) is 3.52. The summed E-state index contributed by atoms with van der Waals surface area (Å²) in [5.74, 6) is -0.707. The molecule has 6 heteroatoms. The Balaban J connectivity index is 2.08. The average Bonchev–Trinajstić information content (AvgIpc) is 2.92. The molecule has 1 atom stereocenters. The molecule has 0 radical (unpaired) electrons. The Hall–Kier alpha value is -2.37. The van der Waals surface area contributed by atoms with Gasteiger partial charge in [0.1, 0.15) is 11.4 Å². The van der Waals surface area contributed by atoms with Gasteiger partial charge in [0.15, 0.2) is 5.38 Å². The lowest BCUT2D eigenvalue weighted by Crippen LogP contribution is -1.94. The quantitative estimate of drug-likeness (QED) is 0.677. The zero-order valence-electron chi connectivity index (χ0n) is 11.9. The molecule has 1 heterocycles. The van der Waals surface area contributed by atoms with Gasteiger partial charge in [-0.25, -0.2) is 4.79 Å². The number of hydrogen-bond acceptors (Lipinski definition) is 3. The van der Waals surface area contributed by atoms with E-state index >= 15 is 0 Å². The predicted molar refractivity (Wildman–Crippen MR) is 91.9 cm³/mol. The fourth-order valence-electron chi connectivity index (χ4n) is 2.20. The van der Waals surface area contributed by atoms with Crippen molar-refractivity contribution in [1.29, 1.82) is 0 Å². The summed E-state index contributed by atoms with van der Waals surface area (Å²) < 4.78 is 0. The molecule has 0 amide bonds. The Labute approximate surface area is 140 Å². The largest absolute Gasteiger partial charge is 0.508 e. The minimum Gasteiger partial charge on any atom is -0.508 e. The molecule has 2 aromatic carbocycles. The van der Waals surface area contributed by atoms with Crippen LogP contribution in [-0.2, 0) is 10.5 Å². The number of aromatic hydroxyl groups is 1. The summed E-state index contributed by atoms with van der Waals surface area (Å²) in [6.07, 6.45) is 0. The standard InChI is InChI=1S/C17H12ClNO3S/c18-13-5-1-11(2-6-13)15-9-23(10-16(21)22)17(19-15)12-3-7-14(20)8-4-12/h1-9H,10H2,(H-,19,20,21,22)/p+1. The molecule has 0 spiro atoms. The lowest BCUT2D eigenvalue weighted by Gasteiger charge is -1.95. The number of halogens is 1. The number of carboxylic acids is 1. The van der Waals surface area contributed by atoms with Crippen molar-refractivity contribution < 1.29 is 15.0 Å². The van der Waals surface area contributed by atoms with E-state index in [1.807, 2.05) is 17.5 Å². The van der Waals surface area contributed by atoms with Gasteiger partial charge in [0.05, 0.1) is 5.56 Å². The first-order valence-corrected chi connectivity index (χ1v) is 8.64. The lowest BCUT2D eigenvalue weighted by molar-refractivity contribution is -0.135. The van der Waals surface area contributed by atoms with E-state index in [9.17, 15) is 9.90 Å². The van der Waals surface area contributed by atoms with Crippen molar-refractivity contribution in [1.82, 2.24) is 4.98 Å². The van der Waals surface area contributed by atoms with Crippen LogP contribution in [0.4, 0.5) is 0 Å². The lowest BCUT2D eigenvalue weighted by atomic mass is 10.2. The number of aromatic nitrogens is 1. The molecular weight excluding hydrogens is 334 g/mol. The molecule has 1 aromatic heterocycles. The maximum Gasteiger partial charge on any atom is 0.358 e. The topological polar surface area (TPSA) is 70.4 Å². The van der Waals surface area contributed by atoms with Crippen molar-refractivity contribution in [3.63, 3.8) is 0 Å². The number of rotatable bonds is 4. The number of aliphatic carboxylic acids is 1. The summed E-state index contributed by atoms with van der Waals surface area (Å²) in [6, 6.07) is 13.9.